The highest BCUT2D eigenvalue weighted by Crippen LogP contribution is 2.22. The van der Waals surface area contributed by atoms with E-state index < -0.39 is 0 Å². The Labute approximate surface area is 138 Å². The van der Waals surface area contributed by atoms with Gasteiger partial charge in [0, 0.05) is 38.9 Å². The van der Waals surface area contributed by atoms with Gasteiger partial charge in [-0.2, -0.15) is 4.98 Å². The largest absolute Gasteiger partial charge is 0.368 e. The highest BCUT2D eigenvalue weighted by molar-refractivity contribution is 5.81. The zero-order chi connectivity index (χ0) is 16.7. The molecule has 0 atom stereocenters. The molecule has 0 N–H and O–H groups in total. The Bertz CT molecular complexity index is 939. The SMILES string of the molecule is Cc1noc(N2CCN(c3ccc4c(=O)n(C)cnc4c3)CC2)n1. The van der Waals surface area contributed by atoms with Gasteiger partial charge in [0.05, 0.1) is 17.2 Å². The van der Waals surface area contributed by atoms with E-state index in [1.165, 1.54) is 4.57 Å². The van der Waals surface area contributed by atoms with Crippen molar-refractivity contribution in [3.63, 3.8) is 0 Å². The van der Waals surface area contributed by atoms with Gasteiger partial charge in [-0.05, 0) is 25.1 Å². The zero-order valence-corrected chi connectivity index (χ0v) is 13.6. The van der Waals surface area contributed by atoms with Crippen molar-refractivity contribution in [3.05, 3.63) is 40.7 Å². The van der Waals surface area contributed by atoms with Crippen LogP contribution in [0, 0.1) is 6.92 Å². The molecular formula is C16H18N6O2. The normalized spacial score (nSPS) is 15.2. The van der Waals surface area contributed by atoms with E-state index in [0.29, 0.717) is 17.2 Å². The first-order valence-corrected chi connectivity index (χ1v) is 7.87. The van der Waals surface area contributed by atoms with E-state index >= 15 is 0 Å². The van der Waals surface area contributed by atoms with E-state index in [-0.39, 0.29) is 5.56 Å². The fraction of sp³-hybridized carbons (Fsp3) is 0.375. The molecule has 0 saturated carbocycles. The molecule has 1 aromatic carbocycles. The number of anilines is 2. The topological polar surface area (TPSA) is 80.3 Å². The van der Waals surface area contributed by atoms with E-state index in [4.69, 9.17) is 4.52 Å². The standard InChI is InChI=1S/C16H18N6O2/c1-11-18-16(24-19-11)22-7-5-21(6-8-22)12-3-4-13-14(9-12)17-10-20(2)15(13)23/h3-4,9-10H,5-8H2,1-2H3. The lowest BCUT2D eigenvalue weighted by Crippen LogP contribution is -2.46. The summed E-state index contributed by atoms with van der Waals surface area (Å²) in [5, 5.41) is 4.48. The molecule has 0 unspecified atom stereocenters. The maximum absolute atomic E-state index is 12.1. The van der Waals surface area contributed by atoms with Crippen LogP contribution in [0.25, 0.3) is 10.9 Å². The highest BCUT2D eigenvalue weighted by Gasteiger charge is 2.21. The fourth-order valence-electron chi connectivity index (χ4n) is 2.97. The van der Waals surface area contributed by atoms with Crippen LogP contribution in [-0.2, 0) is 7.05 Å². The predicted octanol–water partition coefficient (Wildman–Crippen LogP) is 0.952. The van der Waals surface area contributed by atoms with Gasteiger partial charge < -0.3 is 18.9 Å². The molecule has 4 rings (SSSR count). The lowest BCUT2D eigenvalue weighted by molar-refractivity contribution is 0.404. The Morgan fingerprint density at radius 2 is 1.88 bits per heavy atom. The second-order valence-electron chi connectivity index (χ2n) is 5.96. The average Bonchev–Trinajstić information content (AvgIpc) is 3.04. The number of piperazine rings is 1. The average molecular weight is 326 g/mol. The molecule has 0 radical (unpaired) electrons. The molecule has 3 aromatic rings. The van der Waals surface area contributed by atoms with Crippen LogP contribution in [0.15, 0.2) is 33.8 Å². The van der Waals surface area contributed by atoms with Crippen LogP contribution < -0.4 is 15.4 Å². The third-order valence-electron chi connectivity index (χ3n) is 4.33. The summed E-state index contributed by atoms with van der Waals surface area (Å²) in [4.78, 5) is 25.1. The van der Waals surface area contributed by atoms with Crippen LogP contribution >= 0.6 is 0 Å². The van der Waals surface area contributed by atoms with Crippen LogP contribution in [0.2, 0.25) is 0 Å². The van der Waals surface area contributed by atoms with E-state index in [1.807, 2.05) is 25.1 Å². The van der Waals surface area contributed by atoms with E-state index in [1.54, 1.807) is 13.4 Å². The van der Waals surface area contributed by atoms with Gasteiger partial charge in [0.25, 0.3) is 5.56 Å². The number of aromatic nitrogens is 4. The Morgan fingerprint density at radius 1 is 1.12 bits per heavy atom. The first-order chi connectivity index (χ1) is 11.6. The highest BCUT2D eigenvalue weighted by atomic mass is 16.5. The van der Waals surface area contributed by atoms with Crippen molar-refractivity contribution in [2.24, 2.45) is 7.05 Å². The molecule has 1 fully saturated rings. The molecule has 3 heterocycles. The lowest BCUT2D eigenvalue weighted by atomic mass is 10.2. The molecule has 8 nitrogen and oxygen atoms in total. The Kier molecular flexibility index (Phi) is 3.44. The van der Waals surface area contributed by atoms with Gasteiger partial charge in [-0.25, -0.2) is 4.98 Å². The molecule has 1 aliphatic heterocycles. The molecule has 0 amide bonds. The Morgan fingerprint density at radius 3 is 2.58 bits per heavy atom. The maximum atomic E-state index is 12.1. The summed E-state index contributed by atoms with van der Waals surface area (Å²) in [6, 6.07) is 6.39. The molecule has 24 heavy (non-hydrogen) atoms. The van der Waals surface area contributed by atoms with Gasteiger partial charge >= 0.3 is 6.01 Å². The minimum absolute atomic E-state index is 0.0249. The van der Waals surface area contributed by atoms with Crippen LogP contribution in [0.3, 0.4) is 0 Å². The first kappa shape index (κ1) is 14.7. The number of fused-ring (bicyclic) bond motifs is 1. The van der Waals surface area contributed by atoms with Gasteiger partial charge in [-0.3, -0.25) is 4.79 Å². The van der Waals surface area contributed by atoms with Crippen LogP contribution in [0.4, 0.5) is 11.7 Å². The number of benzene rings is 1. The van der Waals surface area contributed by atoms with Crippen molar-refractivity contribution in [2.75, 3.05) is 36.0 Å². The summed E-state index contributed by atoms with van der Waals surface area (Å²) in [5.74, 6) is 0.648. The second kappa shape index (κ2) is 5.63. The van der Waals surface area contributed by atoms with Crippen molar-refractivity contribution in [1.82, 2.24) is 19.7 Å². The van der Waals surface area contributed by atoms with Crippen molar-refractivity contribution in [3.8, 4) is 0 Å². The first-order valence-electron chi connectivity index (χ1n) is 7.87. The van der Waals surface area contributed by atoms with Crippen LogP contribution in [0.5, 0.6) is 0 Å². The van der Waals surface area contributed by atoms with Gasteiger partial charge in [0.2, 0.25) is 0 Å². The quantitative estimate of drug-likeness (QED) is 0.693. The van der Waals surface area contributed by atoms with E-state index in [9.17, 15) is 4.79 Å². The molecule has 124 valence electrons. The van der Waals surface area contributed by atoms with Gasteiger partial charge in [-0.15, -0.1) is 0 Å². The van der Waals surface area contributed by atoms with Crippen molar-refractivity contribution in [1.29, 1.82) is 0 Å². The summed E-state index contributed by atoms with van der Waals surface area (Å²) >= 11 is 0. The third-order valence-corrected chi connectivity index (χ3v) is 4.33. The smallest absolute Gasteiger partial charge is 0.324 e. The minimum atomic E-state index is -0.0249. The molecular weight excluding hydrogens is 308 g/mol. The molecule has 1 aliphatic rings. The molecule has 2 aromatic heterocycles. The van der Waals surface area contributed by atoms with Gasteiger partial charge in [0.15, 0.2) is 5.82 Å². The minimum Gasteiger partial charge on any atom is -0.368 e. The molecule has 8 heteroatoms. The van der Waals surface area contributed by atoms with Crippen molar-refractivity contribution < 1.29 is 4.52 Å². The summed E-state index contributed by atoms with van der Waals surface area (Å²) in [7, 11) is 1.71. The summed E-state index contributed by atoms with van der Waals surface area (Å²) in [5.41, 5.74) is 1.78. The maximum Gasteiger partial charge on any atom is 0.324 e. The summed E-state index contributed by atoms with van der Waals surface area (Å²) in [6.07, 6.45) is 1.56. The van der Waals surface area contributed by atoms with Crippen molar-refractivity contribution >= 4 is 22.6 Å². The predicted molar refractivity (Wildman–Crippen MR) is 90.4 cm³/mol. The summed E-state index contributed by atoms with van der Waals surface area (Å²) < 4.78 is 6.72. The van der Waals surface area contributed by atoms with Gasteiger partial charge in [-0.1, -0.05) is 5.16 Å². The number of aryl methyl sites for hydroxylation is 2. The van der Waals surface area contributed by atoms with Crippen molar-refractivity contribution in [2.45, 2.75) is 6.92 Å². The monoisotopic (exact) mass is 326 g/mol. The Hall–Kier alpha value is -2.90. The molecule has 1 saturated heterocycles. The Balaban J connectivity index is 1.54. The number of hydrogen-bond acceptors (Lipinski definition) is 7. The number of rotatable bonds is 2. The number of hydrogen-bond donors (Lipinski definition) is 0. The lowest BCUT2D eigenvalue weighted by Gasteiger charge is -2.35. The zero-order valence-electron chi connectivity index (χ0n) is 13.6. The van der Waals surface area contributed by atoms with Crippen LogP contribution in [0.1, 0.15) is 5.82 Å². The summed E-state index contributed by atoms with van der Waals surface area (Å²) in [6.45, 7) is 5.12. The van der Waals surface area contributed by atoms with E-state index in [0.717, 1.165) is 37.4 Å². The molecule has 0 spiro atoms. The fourth-order valence-corrected chi connectivity index (χ4v) is 2.97. The van der Waals surface area contributed by atoms with Gasteiger partial charge in [0.1, 0.15) is 0 Å². The number of nitrogens with zero attached hydrogens (tertiary/aromatic N) is 6. The van der Waals surface area contributed by atoms with Crippen LogP contribution in [-0.4, -0.2) is 45.9 Å². The second-order valence-corrected chi connectivity index (χ2v) is 5.96. The molecule has 0 aliphatic carbocycles. The molecule has 0 bridgehead atoms. The van der Waals surface area contributed by atoms with E-state index in [2.05, 4.69) is 24.9 Å². The third kappa shape index (κ3) is 2.49.